The minimum absolute atomic E-state index is 0.189. The highest BCUT2D eigenvalue weighted by atomic mass is 35.5. The van der Waals surface area contributed by atoms with Crippen molar-refractivity contribution in [2.24, 2.45) is 0 Å². The molecule has 0 atom stereocenters. The molecule has 168 valence electrons. The van der Waals surface area contributed by atoms with E-state index in [1.54, 1.807) is 6.20 Å². The first-order valence-electron chi connectivity index (χ1n) is 10.6. The number of halogens is 1. The topological polar surface area (TPSA) is 85.8 Å². The maximum absolute atomic E-state index is 11.8. The van der Waals surface area contributed by atoms with E-state index in [1.165, 1.54) is 6.92 Å². The second kappa shape index (κ2) is 9.33. The molecule has 0 saturated carbocycles. The molecule has 0 bridgehead atoms. The Balaban J connectivity index is 1.48. The van der Waals surface area contributed by atoms with Gasteiger partial charge in [-0.2, -0.15) is 5.10 Å². The maximum atomic E-state index is 11.8. The van der Waals surface area contributed by atoms with Crippen LogP contribution in [-0.2, 0) is 11.3 Å². The number of nitrogens with one attached hydrogen (secondary N) is 1. The molecule has 1 N–H and O–H groups in total. The predicted octanol–water partition coefficient (Wildman–Crippen LogP) is 5.93. The van der Waals surface area contributed by atoms with Crippen LogP contribution in [0, 0.1) is 0 Å². The van der Waals surface area contributed by atoms with Crippen molar-refractivity contribution in [1.82, 2.24) is 20.0 Å². The Kier molecular flexibility index (Phi) is 5.93. The predicted molar refractivity (Wildman–Crippen MR) is 131 cm³/mol. The Morgan fingerprint density at radius 3 is 2.56 bits per heavy atom. The molecule has 0 saturated heterocycles. The molecule has 0 unspecified atom stereocenters. The molecule has 0 aliphatic heterocycles. The Hall–Kier alpha value is -4.23. The number of aromatic nitrogens is 4. The molecule has 8 heteroatoms. The van der Waals surface area contributed by atoms with Crippen LogP contribution >= 0.6 is 11.6 Å². The van der Waals surface area contributed by atoms with Gasteiger partial charge in [0.05, 0.1) is 24.0 Å². The number of hydrogen-bond acceptors (Lipinski definition) is 5. The summed E-state index contributed by atoms with van der Waals surface area (Å²) in [4.78, 5) is 11.8. The van der Waals surface area contributed by atoms with Crippen molar-refractivity contribution in [2.75, 3.05) is 5.32 Å². The van der Waals surface area contributed by atoms with E-state index in [0.717, 1.165) is 22.3 Å². The lowest BCUT2D eigenvalue weighted by molar-refractivity contribution is -0.114. The Labute approximate surface area is 201 Å². The van der Waals surface area contributed by atoms with Gasteiger partial charge in [-0.15, -0.1) is 10.2 Å². The van der Waals surface area contributed by atoms with Crippen molar-refractivity contribution < 1.29 is 9.21 Å². The summed E-state index contributed by atoms with van der Waals surface area (Å²) in [5, 5.41) is 16.4. The molecule has 5 rings (SSSR count). The highest BCUT2D eigenvalue weighted by molar-refractivity contribution is 6.30. The third kappa shape index (κ3) is 4.74. The first-order chi connectivity index (χ1) is 16.5. The van der Waals surface area contributed by atoms with E-state index < -0.39 is 0 Å². The van der Waals surface area contributed by atoms with Gasteiger partial charge in [0.2, 0.25) is 17.7 Å². The lowest BCUT2D eigenvalue weighted by atomic mass is 10.0. The van der Waals surface area contributed by atoms with E-state index in [1.807, 2.05) is 83.7 Å². The third-order valence-electron chi connectivity index (χ3n) is 5.21. The van der Waals surface area contributed by atoms with Gasteiger partial charge in [-0.05, 0) is 47.5 Å². The lowest BCUT2D eigenvalue weighted by Crippen LogP contribution is -2.07. The summed E-state index contributed by atoms with van der Waals surface area (Å²) in [5.41, 5.74) is 4.92. The molecule has 3 aromatic carbocycles. The maximum Gasteiger partial charge on any atom is 0.250 e. The number of benzene rings is 3. The van der Waals surface area contributed by atoms with Gasteiger partial charge < -0.3 is 9.73 Å². The third-order valence-corrected chi connectivity index (χ3v) is 5.44. The number of rotatable bonds is 6. The van der Waals surface area contributed by atoms with Crippen LogP contribution in [0.2, 0.25) is 5.02 Å². The minimum atomic E-state index is -0.189. The molecule has 7 nitrogen and oxygen atoms in total. The van der Waals surface area contributed by atoms with Crippen LogP contribution in [0.15, 0.2) is 89.6 Å². The zero-order valence-electron chi connectivity index (χ0n) is 18.3. The molecular weight excluding hydrogens is 450 g/mol. The lowest BCUT2D eigenvalue weighted by Gasteiger charge is -2.09. The summed E-state index contributed by atoms with van der Waals surface area (Å²) in [5.74, 6) is 0.533. The first-order valence-corrected chi connectivity index (χ1v) is 11.0. The van der Waals surface area contributed by atoms with Crippen molar-refractivity contribution in [3.05, 3.63) is 95.8 Å². The average molecular weight is 470 g/mol. The van der Waals surface area contributed by atoms with Crippen molar-refractivity contribution >= 4 is 23.2 Å². The van der Waals surface area contributed by atoms with E-state index in [0.29, 0.717) is 34.6 Å². The second-order valence-corrected chi connectivity index (χ2v) is 8.21. The zero-order chi connectivity index (χ0) is 23.5. The molecule has 2 aromatic heterocycles. The number of carbonyl (C=O) groups is 1. The van der Waals surface area contributed by atoms with Gasteiger partial charge in [0, 0.05) is 29.3 Å². The Morgan fingerprint density at radius 1 is 0.941 bits per heavy atom. The number of carbonyl (C=O) groups excluding carboxylic acids is 1. The summed E-state index contributed by atoms with van der Waals surface area (Å²) in [6.07, 6.45) is 3.76. The number of amides is 1. The molecule has 0 aliphatic rings. The van der Waals surface area contributed by atoms with Gasteiger partial charge in [-0.1, -0.05) is 48.0 Å². The molecule has 0 spiro atoms. The monoisotopic (exact) mass is 469 g/mol. The minimum Gasteiger partial charge on any atom is -0.416 e. The van der Waals surface area contributed by atoms with Crippen LogP contribution in [0.5, 0.6) is 0 Å². The smallest absolute Gasteiger partial charge is 0.250 e. The summed E-state index contributed by atoms with van der Waals surface area (Å²) < 4.78 is 7.81. The highest BCUT2D eigenvalue weighted by Crippen LogP contribution is 2.33. The second-order valence-electron chi connectivity index (χ2n) is 7.78. The molecular formula is C26H20ClN5O2. The van der Waals surface area contributed by atoms with Crippen LogP contribution < -0.4 is 5.32 Å². The Bertz CT molecular complexity index is 1460. The van der Waals surface area contributed by atoms with Crippen LogP contribution in [0.3, 0.4) is 0 Å². The van der Waals surface area contributed by atoms with Crippen LogP contribution in [0.25, 0.3) is 34.0 Å². The van der Waals surface area contributed by atoms with Crippen LogP contribution in [0.1, 0.15) is 12.5 Å². The molecule has 0 radical (unpaired) electrons. The normalized spacial score (nSPS) is 10.9. The van der Waals surface area contributed by atoms with Crippen molar-refractivity contribution in [3.8, 4) is 34.0 Å². The fourth-order valence-electron chi connectivity index (χ4n) is 3.65. The standard InChI is InChI=1S/C26H20ClN5O2/c1-17(33)29-24-11-10-20(21-14-28-32(16-21)15-18-6-5-9-22(27)12-18)13-23(24)26-31-30-25(34-26)19-7-3-2-4-8-19/h2-14,16H,15H2,1H3,(H,29,33). The van der Waals surface area contributed by atoms with Gasteiger partial charge in [0.1, 0.15) is 0 Å². The van der Waals surface area contributed by atoms with Gasteiger partial charge in [-0.25, -0.2) is 0 Å². The molecule has 0 aliphatic carbocycles. The molecule has 0 fully saturated rings. The fourth-order valence-corrected chi connectivity index (χ4v) is 3.86. The molecule has 34 heavy (non-hydrogen) atoms. The number of hydrogen-bond donors (Lipinski definition) is 1. The van der Waals surface area contributed by atoms with Gasteiger partial charge in [0.15, 0.2) is 0 Å². The van der Waals surface area contributed by atoms with E-state index in [-0.39, 0.29) is 5.91 Å². The van der Waals surface area contributed by atoms with Gasteiger partial charge in [0.25, 0.3) is 0 Å². The van der Waals surface area contributed by atoms with Crippen molar-refractivity contribution in [2.45, 2.75) is 13.5 Å². The highest BCUT2D eigenvalue weighted by Gasteiger charge is 2.17. The molecule has 5 aromatic rings. The first kappa shape index (κ1) is 21.6. The van der Waals surface area contributed by atoms with E-state index in [4.69, 9.17) is 16.0 Å². The fraction of sp³-hybridized carbons (Fsp3) is 0.0769. The van der Waals surface area contributed by atoms with Gasteiger partial charge >= 0.3 is 0 Å². The summed E-state index contributed by atoms with van der Waals surface area (Å²) in [6.45, 7) is 2.06. The molecule has 1 amide bonds. The summed E-state index contributed by atoms with van der Waals surface area (Å²) in [7, 11) is 0. The SMILES string of the molecule is CC(=O)Nc1ccc(-c2cnn(Cc3cccc(Cl)c3)c2)cc1-c1nnc(-c2ccccc2)o1. The van der Waals surface area contributed by atoms with E-state index >= 15 is 0 Å². The average Bonchev–Trinajstić information content (AvgIpc) is 3.50. The number of anilines is 1. The quantitative estimate of drug-likeness (QED) is 0.333. The largest absolute Gasteiger partial charge is 0.416 e. The van der Waals surface area contributed by atoms with E-state index in [9.17, 15) is 4.79 Å². The number of nitrogens with zero attached hydrogens (tertiary/aromatic N) is 4. The summed E-state index contributed by atoms with van der Waals surface area (Å²) in [6, 6.07) is 22.9. The Morgan fingerprint density at radius 2 is 1.76 bits per heavy atom. The van der Waals surface area contributed by atoms with Crippen LogP contribution in [0.4, 0.5) is 5.69 Å². The van der Waals surface area contributed by atoms with Gasteiger partial charge in [-0.3, -0.25) is 9.48 Å². The molecule has 2 heterocycles. The van der Waals surface area contributed by atoms with E-state index in [2.05, 4.69) is 20.6 Å². The van der Waals surface area contributed by atoms with Crippen LogP contribution in [-0.4, -0.2) is 25.9 Å². The zero-order valence-corrected chi connectivity index (χ0v) is 19.0. The van der Waals surface area contributed by atoms with Crippen molar-refractivity contribution in [3.63, 3.8) is 0 Å². The van der Waals surface area contributed by atoms with Crippen molar-refractivity contribution in [1.29, 1.82) is 0 Å². The summed E-state index contributed by atoms with van der Waals surface area (Å²) >= 11 is 6.10.